The lowest BCUT2D eigenvalue weighted by atomic mass is 10.1. The smallest absolute Gasteiger partial charge is 0.416 e. The van der Waals surface area contributed by atoms with E-state index in [1.165, 1.54) is 7.11 Å². The van der Waals surface area contributed by atoms with Gasteiger partial charge in [0.05, 0.1) is 30.9 Å². The topological polar surface area (TPSA) is 70.8 Å². The number of esters is 1. The summed E-state index contributed by atoms with van der Waals surface area (Å²) < 4.78 is 52.0. The Labute approximate surface area is 119 Å². The number of carbonyl (C=O) groups is 1. The number of rotatable bonds is 7. The van der Waals surface area contributed by atoms with Gasteiger partial charge in [0, 0.05) is 12.8 Å². The molecular formula is C13H16F3NO4. The Morgan fingerprint density at radius 1 is 1.19 bits per heavy atom. The van der Waals surface area contributed by atoms with Crippen LogP contribution in [-0.2, 0) is 20.4 Å². The Kier molecular flexibility index (Phi) is 6.44. The molecule has 0 fully saturated rings. The first-order chi connectivity index (χ1) is 9.86. The molecule has 0 spiro atoms. The minimum Gasteiger partial charge on any atom is -0.460 e. The average molecular weight is 307 g/mol. The Hall–Kier alpha value is -1.80. The van der Waals surface area contributed by atoms with E-state index in [0.717, 1.165) is 12.1 Å². The van der Waals surface area contributed by atoms with Gasteiger partial charge in [-0.25, -0.2) is 4.79 Å². The highest BCUT2D eigenvalue weighted by Gasteiger charge is 2.31. The molecule has 5 nitrogen and oxygen atoms in total. The van der Waals surface area contributed by atoms with Crippen LogP contribution in [0.3, 0.4) is 0 Å². The third kappa shape index (κ3) is 5.60. The molecule has 0 atom stereocenters. The number of ether oxygens (including phenoxy) is 3. The van der Waals surface area contributed by atoms with E-state index in [4.69, 9.17) is 19.9 Å². The number of halogens is 3. The van der Waals surface area contributed by atoms with E-state index in [1.807, 2.05) is 0 Å². The second kappa shape index (κ2) is 7.84. The number of hydrogen-bond donors (Lipinski definition) is 1. The summed E-state index contributed by atoms with van der Waals surface area (Å²) in [5, 5.41) is 0. The van der Waals surface area contributed by atoms with Crippen LogP contribution in [0.2, 0.25) is 0 Å². The molecule has 0 bridgehead atoms. The molecule has 0 heterocycles. The van der Waals surface area contributed by atoms with Crippen molar-refractivity contribution in [3.05, 3.63) is 29.3 Å². The van der Waals surface area contributed by atoms with E-state index in [0.29, 0.717) is 19.3 Å². The molecular weight excluding hydrogens is 291 g/mol. The van der Waals surface area contributed by atoms with E-state index >= 15 is 0 Å². The van der Waals surface area contributed by atoms with Crippen molar-refractivity contribution < 1.29 is 32.2 Å². The molecule has 2 N–H and O–H groups in total. The lowest BCUT2D eigenvalue weighted by Crippen LogP contribution is -2.15. The van der Waals surface area contributed by atoms with Gasteiger partial charge in [-0.15, -0.1) is 0 Å². The van der Waals surface area contributed by atoms with Crippen molar-refractivity contribution in [2.24, 2.45) is 0 Å². The van der Waals surface area contributed by atoms with Gasteiger partial charge in [-0.05, 0) is 18.2 Å². The van der Waals surface area contributed by atoms with Gasteiger partial charge in [0.15, 0.2) is 0 Å². The summed E-state index contributed by atoms with van der Waals surface area (Å²) in [4.78, 5) is 11.7. The molecule has 0 unspecified atom stereocenters. The summed E-state index contributed by atoms with van der Waals surface area (Å²) in [5.74, 6) is -0.795. The van der Waals surface area contributed by atoms with Crippen LogP contribution in [0.5, 0.6) is 0 Å². The van der Waals surface area contributed by atoms with Crippen LogP contribution in [0.15, 0.2) is 18.2 Å². The minimum atomic E-state index is -4.51. The molecule has 118 valence electrons. The minimum absolute atomic E-state index is 0.0248. The molecule has 0 aliphatic carbocycles. The summed E-state index contributed by atoms with van der Waals surface area (Å²) in [6.45, 7) is 0.912. The zero-order chi connectivity index (χ0) is 15.9. The zero-order valence-corrected chi connectivity index (χ0v) is 11.4. The lowest BCUT2D eigenvalue weighted by molar-refractivity contribution is -0.137. The molecule has 0 aromatic heterocycles. The SMILES string of the molecule is COCCOCCOC(=O)c1ccc(C(F)(F)F)cc1N. The van der Waals surface area contributed by atoms with E-state index in [-0.39, 0.29) is 24.5 Å². The number of carbonyl (C=O) groups excluding carboxylic acids is 1. The number of alkyl halides is 3. The summed E-state index contributed by atoms with van der Waals surface area (Å²) in [6, 6.07) is 2.47. The fourth-order valence-electron chi connectivity index (χ4n) is 1.44. The van der Waals surface area contributed by atoms with Crippen LogP contribution >= 0.6 is 0 Å². The summed E-state index contributed by atoms with van der Waals surface area (Å²) in [5.41, 5.74) is 4.13. The zero-order valence-electron chi connectivity index (χ0n) is 11.4. The molecule has 8 heteroatoms. The first-order valence-corrected chi connectivity index (χ1v) is 6.06. The van der Waals surface area contributed by atoms with Crippen molar-refractivity contribution in [2.75, 3.05) is 39.3 Å². The second-order valence-corrected chi connectivity index (χ2v) is 4.04. The van der Waals surface area contributed by atoms with Crippen LogP contribution in [0.1, 0.15) is 15.9 Å². The fourth-order valence-corrected chi connectivity index (χ4v) is 1.44. The van der Waals surface area contributed by atoms with Crippen LogP contribution in [0.4, 0.5) is 18.9 Å². The van der Waals surface area contributed by atoms with Gasteiger partial charge in [-0.1, -0.05) is 0 Å². The predicted octanol–water partition coefficient (Wildman–Crippen LogP) is 2.11. The highest BCUT2D eigenvalue weighted by atomic mass is 19.4. The third-order valence-electron chi connectivity index (χ3n) is 2.49. The first kappa shape index (κ1) is 17.3. The number of benzene rings is 1. The number of nitrogen functional groups attached to an aromatic ring is 1. The van der Waals surface area contributed by atoms with Gasteiger partial charge in [-0.3, -0.25) is 0 Å². The average Bonchev–Trinajstić information content (AvgIpc) is 2.41. The van der Waals surface area contributed by atoms with Crippen molar-refractivity contribution in [3.63, 3.8) is 0 Å². The summed E-state index contributed by atoms with van der Waals surface area (Å²) in [6.07, 6.45) is -4.51. The normalized spacial score (nSPS) is 11.4. The largest absolute Gasteiger partial charge is 0.460 e. The Morgan fingerprint density at radius 2 is 1.86 bits per heavy atom. The summed E-state index contributed by atoms with van der Waals surface area (Å²) in [7, 11) is 1.52. The highest BCUT2D eigenvalue weighted by molar-refractivity contribution is 5.95. The molecule has 0 amide bonds. The van der Waals surface area contributed by atoms with Crippen LogP contribution < -0.4 is 5.73 Å². The molecule has 0 aliphatic heterocycles. The van der Waals surface area contributed by atoms with Gasteiger partial charge in [0.25, 0.3) is 0 Å². The van der Waals surface area contributed by atoms with Gasteiger partial charge in [0.2, 0.25) is 0 Å². The standard InChI is InChI=1S/C13H16F3NO4/c1-19-4-5-20-6-7-21-12(18)10-3-2-9(8-11(10)17)13(14,15)16/h2-3,8H,4-7,17H2,1H3. The molecule has 1 rings (SSSR count). The van der Waals surface area contributed by atoms with Gasteiger partial charge >= 0.3 is 12.1 Å². The van der Waals surface area contributed by atoms with Crippen molar-refractivity contribution in [1.82, 2.24) is 0 Å². The van der Waals surface area contributed by atoms with Crippen molar-refractivity contribution in [2.45, 2.75) is 6.18 Å². The van der Waals surface area contributed by atoms with Crippen molar-refractivity contribution in [3.8, 4) is 0 Å². The lowest BCUT2D eigenvalue weighted by Gasteiger charge is -2.11. The number of methoxy groups -OCH3 is 1. The van der Waals surface area contributed by atoms with E-state index in [1.54, 1.807) is 0 Å². The highest BCUT2D eigenvalue weighted by Crippen LogP contribution is 2.31. The van der Waals surface area contributed by atoms with E-state index in [9.17, 15) is 18.0 Å². The summed E-state index contributed by atoms with van der Waals surface area (Å²) >= 11 is 0. The number of nitrogens with two attached hydrogens (primary N) is 1. The number of hydrogen-bond acceptors (Lipinski definition) is 5. The monoisotopic (exact) mass is 307 g/mol. The maximum absolute atomic E-state index is 12.5. The molecule has 21 heavy (non-hydrogen) atoms. The Bertz CT molecular complexity index is 477. The molecule has 0 aliphatic rings. The maximum atomic E-state index is 12.5. The van der Waals surface area contributed by atoms with Crippen LogP contribution in [-0.4, -0.2) is 39.5 Å². The first-order valence-electron chi connectivity index (χ1n) is 6.06. The fraction of sp³-hybridized carbons (Fsp3) is 0.462. The Morgan fingerprint density at radius 3 is 2.43 bits per heavy atom. The maximum Gasteiger partial charge on any atom is 0.416 e. The molecule has 1 aromatic carbocycles. The molecule has 0 radical (unpaired) electrons. The van der Waals surface area contributed by atoms with E-state index in [2.05, 4.69) is 0 Å². The van der Waals surface area contributed by atoms with Crippen LogP contribution in [0, 0.1) is 0 Å². The predicted molar refractivity (Wildman–Crippen MR) is 68.8 cm³/mol. The Balaban J connectivity index is 2.51. The second-order valence-electron chi connectivity index (χ2n) is 4.04. The number of anilines is 1. The van der Waals surface area contributed by atoms with Gasteiger partial charge in [-0.2, -0.15) is 13.2 Å². The van der Waals surface area contributed by atoms with E-state index < -0.39 is 17.7 Å². The molecule has 0 saturated heterocycles. The quantitative estimate of drug-likeness (QED) is 0.474. The van der Waals surface area contributed by atoms with Crippen molar-refractivity contribution >= 4 is 11.7 Å². The van der Waals surface area contributed by atoms with Gasteiger partial charge < -0.3 is 19.9 Å². The van der Waals surface area contributed by atoms with Gasteiger partial charge in [0.1, 0.15) is 6.61 Å². The molecule has 0 saturated carbocycles. The third-order valence-corrected chi connectivity index (χ3v) is 2.49. The molecule has 1 aromatic rings. The van der Waals surface area contributed by atoms with Crippen LogP contribution in [0.25, 0.3) is 0 Å². The van der Waals surface area contributed by atoms with Crippen molar-refractivity contribution in [1.29, 1.82) is 0 Å².